The molecule has 8 heteroatoms. The lowest BCUT2D eigenvalue weighted by Crippen LogP contribution is -2.53. The van der Waals surface area contributed by atoms with Crippen molar-refractivity contribution < 1.29 is 28.3 Å². The quantitative estimate of drug-likeness (QED) is 0.567. The van der Waals surface area contributed by atoms with Crippen LogP contribution >= 0.6 is 0 Å². The van der Waals surface area contributed by atoms with Gasteiger partial charge in [-0.3, -0.25) is 19.7 Å². The van der Waals surface area contributed by atoms with Gasteiger partial charge in [0.15, 0.2) is 0 Å². The Bertz CT molecular complexity index is 1170. The van der Waals surface area contributed by atoms with Gasteiger partial charge in [-0.2, -0.15) is 0 Å². The van der Waals surface area contributed by atoms with Gasteiger partial charge in [0.1, 0.15) is 23.1 Å². The predicted octanol–water partition coefficient (Wildman–Crippen LogP) is 4.92. The van der Waals surface area contributed by atoms with E-state index in [2.05, 4.69) is 5.32 Å². The van der Waals surface area contributed by atoms with Gasteiger partial charge < -0.3 is 9.64 Å². The summed E-state index contributed by atoms with van der Waals surface area (Å²) in [7, 11) is 1.55. The number of nitrogens with one attached hydrogen (secondary N) is 1. The minimum atomic E-state index is -0.779. The summed E-state index contributed by atoms with van der Waals surface area (Å²) in [6, 6.07) is 5.77. The van der Waals surface area contributed by atoms with E-state index in [0.29, 0.717) is 31.7 Å². The highest BCUT2D eigenvalue weighted by Crippen LogP contribution is 2.48. The number of ether oxygens (including phenoxy) is 1. The third-order valence-electron chi connectivity index (χ3n) is 8.21. The van der Waals surface area contributed by atoms with Crippen LogP contribution in [-0.2, 0) is 19.1 Å². The molecule has 3 aliphatic rings. The zero-order chi connectivity index (χ0) is 27.8. The second-order valence-corrected chi connectivity index (χ2v) is 12.0. The molecule has 0 bridgehead atoms. The first-order valence-electron chi connectivity index (χ1n) is 13.2. The molecule has 204 valence electrons. The number of carbonyl (C=O) groups is 4. The summed E-state index contributed by atoms with van der Waals surface area (Å²) in [4.78, 5) is 53.4. The first-order chi connectivity index (χ1) is 17.8. The molecule has 2 atom stereocenters. The molecule has 4 rings (SSSR count). The van der Waals surface area contributed by atoms with E-state index in [0.717, 1.165) is 11.1 Å². The molecule has 0 radical (unpaired) electrons. The van der Waals surface area contributed by atoms with Gasteiger partial charge in [-0.25, -0.2) is 9.18 Å². The fourth-order valence-corrected chi connectivity index (χ4v) is 5.93. The highest BCUT2D eigenvalue weighted by molar-refractivity contribution is 6.06. The molecule has 2 aliphatic carbocycles. The Morgan fingerprint density at radius 2 is 1.63 bits per heavy atom. The number of likely N-dealkylation sites (tertiary alicyclic amines) is 1. The number of ketones is 2. The number of hydrogen-bond acceptors (Lipinski definition) is 5. The van der Waals surface area contributed by atoms with Gasteiger partial charge in [-0.05, 0) is 53.5 Å². The number of benzene rings is 1. The van der Waals surface area contributed by atoms with Crippen LogP contribution in [0.25, 0.3) is 5.57 Å². The number of methoxy groups -OCH3 is 1. The molecule has 1 saturated heterocycles. The standard InChI is InChI=1S/C30H37FN2O5/c1-18-14-20(19-6-8-21(31)9-7-19)15-24(38-5)25(18)26-22(34)16-30(17-23(26)35)10-12-33(13-11-30)28(37)32-27(36)29(2,3)4/h6-9,14-15,18,25-26H,10-13,16-17H2,1-5H3,(H,32,36,37). The van der Waals surface area contributed by atoms with Gasteiger partial charge >= 0.3 is 6.03 Å². The highest BCUT2D eigenvalue weighted by Gasteiger charge is 2.51. The van der Waals surface area contributed by atoms with Crippen LogP contribution < -0.4 is 5.32 Å². The minimum Gasteiger partial charge on any atom is -0.501 e. The van der Waals surface area contributed by atoms with Crippen molar-refractivity contribution in [3.05, 3.63) is 53.6 Å². The van der Waals surface area contributed by atoms with E-state index in [1.165, 1.54) is 12.1 Å². The molecule has 1 saturated carbocycles. The smallest absolute Gasteiger partial charge is 0.324 e. The Labute approximate surface area is 223 Å². The van der Waals surface area contributed by atoms with Crippen molar-refractivity contribution in [3.63, 3.8) is 0 Å². The Morgan fingerprint density at radius 1 is 1.05 bits per heavy atom. The van der Waals surface area contributed by atoms with E-state index >= 15 is 0 Å². The summed E-state index contributed by atoms with van der Waals surface area (Å²) in [6.45, 7) is 7.98. The summed E-state index contributed by atoms with van der Waals surface area (Å²) < 4.78 is 19.1. The van der Waals surface area contributed by atoms with E-state index < -0.39 is 28.7 Å². The predicted molar refractivity (Wildman–Crippen MR) is 141 cm³/mol. The van der Waals surface area contributed by atoms with Crippen LogP contribution in [0.5, 0.6) is 0 Å². The average Bonchev–Trinajstić information content (AvgIpc) is 2.84. The average molecular weight is 525 g/mol. The zero-order valence-electron chi connectivity index (χ0n) is 22.8. The van der Waals surface area contributed by atoms with Crippen LogP contribution in [0.3, 0.4) is 0 Å². The maximum absolute atomic E-state index is 13.5. The molecule has 3 amide bonds. The molecule has 0 aromatic heterocycles. The number of nitrogens with zero attached hydrogens (tertiary/aromatic N) is 1. The summed E-state index contributed by atoms with van der Waals surface area (Å²) in [5.41, 5.74) is 0.573. The van der Waals surface area contributed by atoms with Gasteiger partial charge in [-0.15, -0.1) is 0 Å². The zero-order valence-corrected chi connectivity index (χ0v) is 22.8. The van der Waals surface area contributed by atoms with E-state index in [4.69, 9.17) is 4.74 Å². The lowest BCUT2D eigenvalue weighted by molar-refractivity contribution is -0.145. The number of rotatable bonds is 3. The van der Waals surface area contributed by atoms with E-state index in [1.54, 1.807) is 44.9 Å². The van der Waals surface area contributed by atoms with E-state index in [-0.39, 0.29) is 42.1 Å². The molecular formula is C30H37FN2O5. The van der Waals surface area contributed by atoms with Gasteiger partial charge in [-0.1, -0.05) is 45.9 Å². The SMILES string of the molecule is COC1=CC(c2ccc(F)cc2)=CC(C)C1C1C(=O)CC2(CCN(C(=O)NC(=O)C(C)(C)C)CC2)CC1=O. The van der Waals surface area contributed by atoms with Gasteiger partial charge in [0.05, 0.1) is 13.0 Å². The number of imide groups is 1. The first-order valence-corrected chi connectivity index (χ1v) is 13.2. The van der Waals surface area contributed by atoms with Crippen molar-refractivity contribution in [2.75, 3.05) is 20.2 Å². The lowest BCUT2D eigenvalue weighted by Gasteiger charge is -2.46. The Balaban J connectivity index is 1.44. The maximum Gasteiger partial charge on any atom is 0.324 e. The first kappa shape index (κ1) is 27.7. The number of halogens is 1. The molecule has 1 spiro atoms. The van der Waals surface area contributed by atoms with Crippen LogP contribution in [0, 0.1) is 34.4 Å². The van der Waals surface area contributed by atoms with Gasteiger partial charge in [0, 0.05) is 37.3 Å². The molecule has 1 heterocycles. The Hall–Kier alpha value is -3.29. The molecule has 1 N–H and O–H groups in total. The third-order valence-corrected chi connectivity index (χ3v) is 8.21. The third kappa shape index (κ3) is 5.59. The highest BCUT2D eigenvalue weighted by atomic mass is 19.1. The molecule has 7 nitrogen and oxygen atoms in total. The van der Waals surface area contributed by atoms with Crippen LogP contribution in [0.15, 0.2) is 42.2 Å². The number of carbonyl (C=O) groups excluding carboxylic acids is 4. The largest absolute Gasteiger partial charge is 0.501 e. The molecule has 38 heavy (non-hydrogen) atoms. The molecule has 2 unspecified atom stereocenters. The van der Waals surface area contributed by atoms with Gasteiger partial charge in [0.25, 0.3) is 0 Å². The summed E-state index contributed by atoms with van der Waals surface area (Å²) in [6.07, 6.45) is 5.51. The second kappa shape index (κ2) is 10.5. The number of hydrogen-bond donors (Lipinski definition) is 1. The summed E-state index contributed by atoms with van der Waals surface area (Å²) in [5.74, 6) is -1.54. The second-order valence-electron chi connectivity index (χ2n) is 12.0. The van der Waals surface area contributed by atoms with Crippen LogP contribution in [0.2, 0.25) is 0 Å². The maximum atomic E-state index is 13.5. The van der Waals surface area contributed by atoms with Crippen molar-refractivity contribution in [2.45, 2.75) is 53.4 Å². The number of allylic oxidation sites excluding steroid dienone is 4. The monoisotopic (exact) mass is 524 g/mol. The molecule has 2 fully saturated rings. The number of amides is 3. The fraction of sp³-hybridized carbons (Fsp3) is 0.533. The van der Waals surface area contributed by atoms with Crippen molar-refractivity contribution in [1.82, 2.24) is 10.2 Å². The van der Waals surface area contributed by atoms with Crippen LogP contribution in [0.4, 0.5) is 9.18 Å². The molecule has 1 aliphatic heterocycles. The van der Waals surface area contributed by atoms with Crippen molar-refractivity contribution in [3.8, 4) is 0 Å². The Morgan fingerprint density at radius 3 is 2.16 bits per heavy atom. The minimum absolute atomic E-state index is 0.0829. The number of piperidine rings is 1. The number of Topliss-reactive ketones (excluding diaryl/α,β-unsaturated/α-hetero) is 2. The fourth-order valence-electron chi connectivity index (χ4n) is 5.93. The van der Waals surface area contributed by atoms with E-state index in [1.807, 2.05) is 19.1 Å². The normalized spacial score (nSPS) is 24.1. The lowest BCUT2D eigenvalue weighted by atomic mass is 9.60. The van der Waals surface area contributed by atoms with Gasteiger partial charge in [0.2, 0.25) is 5.91 Å². The van der Waals surface area contributed by atoms with Crippen LogP contribution in [0.1, 0.15) is 58.9 Å². The van der Waals surface area contributed by atoms with Crippen molar-refractivity contribution in [2.24, 2.45) is 28.6 Å². The number of urea groups is 1. The Kier molecular flexibility index (Phi) is 7.64. The van der Waals surface area contributed by atoms with Crippen molar-refractivity contribution >= 4 is 29.1 Å². The van der Waals surface area contributed by atoms with E-state index in [9.17, 15) is 23.6 Å². The molecule has 1 aromatic rings. The summed E-state index contributed by atoms with van der Waals surface area (Å²) in [5, 5.41) is 2.45. The topological polar surface area (TPSA) is 92.8 Å². The van der Waals surface area contributed by atoms with Crippen molar-refractivity contribution in [1.29, 1.82) is 0 Å². The summed E-state index contributed by atoms with van der Waals surface area (Å²) >= 11 is 0. The molecular weight excluding hydrogens is 487 g/mol. The molecule has 1 aromatic carbocycles. The van der Waals surface area contributed by atoms with Crippen LogP contribution in [-0.4, -0.2) is 48.6 Å².